The van der Waals surface area contributed by atoms with Crippen molar-refractivity contribution in [3.8, 4) is 11.1 Å². The number of carboxylic acid groups (broad SMARTS) is 2. The Bertz CT molecular complexity index is 1100. The molecule has 0 aliphatic rings. The molecule has 1 heterocycles. The fourth-order valence-corrected chi connectivity index (χ4v) is 3.00. The second kappa shape index (κ2) is 8.95. The molecule has 0 spiro atoms. The van der Waals surface area contributed by atoms with Crippen LogP contribution in [0.25, 0.3) is 11.1 Å². The average molecular weight is 405 g/mol. The van der Waals surface area contributed by atoms with Crippen LogP contribution in [0.15, 0.2) is 54.6 Å². The van der Waals surface area contributed by atoms with Gasteiger partial charge in [0, 0.05) is 6.42 Å². The van der Waals surface area contributed by atoms with E-state index in [2.05, 4.69) is 15.3 Å². The number of rotatable bonds is 7. The minimum Gasteiger partial charge on any atom is -0.480 e. The van der Waals surface area contributed by atoms with Crippen molar-refractivity contribution in [1.82, 2.24) is 15.3 Å². The van der Waals surface area contributed by atoms with Crippen molar-refractivity contribution in [2.24, 2.45) is 0 Å². The highest BCUT2D eigenvalue weighted by Gasteiger charge is 2.23. The molecule has 2 aromatic carbocycles. The molecule has 1 aromatic heterocycles. The Morgan fingerprint density at radius 2 is 1.53 bits per heavy atom. The fraction of sp³-hybridized carbons (Fsp3) is 0.136. The van der Waals surface area contributed by atoms with Crippen LogP contribution in [0.4, 0.5) is 0 Å². The maximum Gasteiger partial charge on any atom is 0.339 e. The van der Waals surface area contributed by atoms with Gasteiger partial charge in [-0.1, -0.05) is 54.6 Å². The van der Waals surface area contributed by atoms with Crippen LogP contribution in [0.5, 0.6) is 0 Å². The summed E-state index contributed by atoms with van der Waals surface area (Å²) in [6.45, 7) is 0.832. The molecule has 0 aliphatic heterocycles. The average Bonchev–Trinajstić information content (AvgIpc) is 2.72. The van der Waals surface area contributed by atoms with Crippen LogP contribution in [-0.4, -0.2) is 44.6 Å². The van der Waals surface area contributed by atoms with Gasteiger partial charge in [-0.15, -0.1) is 0 Å². The third-order valence-corrected chi connectivity index (χ3v) is 4.39. The van der Waals surface area contributed by atoms with E-state index in [1.807, 2.05) is 54.6 Å². The first kappa shape index (κ1) is 20.7. The standard InChI is InChI=1S/C22H19N3O5/c1-13-19(22(29)30)20(21(28)23-12-18(26)27)25-17(24-13)11-14-7-9-16(10-8-14)15-5-3-2-4-6-15/h2-10H,11-12H2,1H3,(H,23,28)(H,26,27)(H,29,30). The second-order valence-electron chi connectivity index (χ2n) is 6.57. The van der Waals surface area contributed by atoms with E-state index in [4.69, 9.17) is 5.11 Å². The number of nitrogens with one attached hydrogen (secondary N) is 1. The van der Waals surface area contributed by atoms with Crippen LogP contribution in [0.1, 0.15) is 37.9 Å². The summed E-state index contributed by atoms with van der Waals surface area (Å²) in [5.74, 6) is -3.21. The van der Waals surface area contributed by atoms with E-state index in [0.717, 1.165) is 16.7 Å². The van der Waals surface area contributed by atoms with Crippen LogP contribution < -0.4 is 5.32 Å². The van der Waals surface area contributed by atoms with E-state index in [1.165, 1.54) is 6.92 Å². The van der Waals surface area contributed by atoms with Gasteiger partial charge in [-0.05, 0) is 23.6 Å². The van der Waals surface area contributed by atoms with E-state index in [9.17, 15) is 19.5 Å². The molecule has 0 saturated heterocycles. The Hall–Kier alpha value is -4.07. The normalized spacial score (nSPS) is 10.4. The molecule has 8 nitrogen and oxygen atoms in total. The van der Waals surface area contributed by atoms with Crippen molar-refractivity contribution in [3.63, 3.8) is 0 Å². The molecule has 8 heteroatoms. The number of aliphatic carboxylic acids is 1. The van der Waals surface area contributed by atoms with Crippen LogP contribution in [0, 0.1) is 6.92 Å². The number of carbonyl (C=O) groups is 3. The largest absolute Gasteiger partial charge is 0.480 e. The van der Waals surface area contributed by atoms with Gasteiger partial charge in [-0.2, -0.15) is 0 Å². The van der Waals surface area contributed by atoms with Crippen molar-refractivity contribution in [2.45, 2.75) is 13.3 Å². The Labute approximate surface area is 172 Å². The van der Waals surface area contributed by atoms with Gasteiger partial charge in [-0.25, -0.2) is 14.8 Å². The van der Waals surface area contributed by atoms with E-state index in [1.54, 1.807) is 0 Å². The number of carboxylic acids is 2. The molecule has 0 fully saturated rings. The lowest BCUT2D eigenvalue weighted by molar-refractivity contribution is -0.135. The number of carbonyl (C=O) groups excluding carboxylic acids is 1. The zero-order valence-corrected chi connectivity index (χ0v) is 16.1. The summed E-state index contributed by atoms with van der Waals surface area (Å²) < 4.78 is 0. The van der Waals surface area contributed by atoms with Gasteiger partial charge < -0.3 is 15.5 Å². The minimum absolute atomic E-state index is 0.133. The van der Waals surface area contributed by atoms with E-state index >= 15 is 0 Å². The molecule has 152 valence electrons. The number of aromatic nitrogens is 2. The van der Waals surface area contributed by atoms with Crippen molar-refractivity contribution < 1.29 is 24.6 Å². The molecule has 3 rings (SSSR count). The van der Waals surface area contributed by atoms with E-state index in [-0.39, 0.29) is 29.2 Å². The number of hydrogen-bond acceptors (Lipinski definition) is 5. The third-order valence-electron chi connectivity index (χ3n) is 4.39. The van der Waals surface area contributed by atoms with Crippen LogP contribution in [-0.2, 0) is 11.2 Å². The number of aryl methyl sites for hydroxylation is 1. The quantitative estimate of drug-likeness (QED) is 0.551. The summed E-state index contributed by atoms with van der Waals surface area (Å²) in [7, 11) is 0. The number of amides is 1. The predicted octanol–water partition coefficient (Wildman–Crippen LogP) is 2.56. The van der Waals surface area contributed by atoms with E-state index < -0.39 is 24.4 Å². The predicted molar refractivity (Wildman–Crippen MR) is 108 cm³/mol. The summed E-state index contributed by atoms with van der Waals surface area (Å²) in [5, 5.41) is 20.3. The molecule has 0 unspecified atom stereocenters. The topological polar surface area (TPSA) is 129 Å². The monoisotopic (exact) mass is 405 g/mol. The maximum absolute atomic E-state index is 12.3. The van der Waals surface area contributed by atoms with Crippen LogP contribution in [0.2, 0.25) is 0 Å². The highest BCUT2D eigenvalue weighted by Crippen LogP contribution is 2.20. The van der Waals surface area contributed by atoms with Crippen LogP contribution in [0.3, 0.4) is 0 Å². The molecule has 1 amide bonds. The van der Waals surface area contributed by atoms with Gasteiger partial charge in [0.25, 0.3) is 5.91 Å². The Morgan fingerprint density at radius 3 is 2.13 bits per heavy atom. The van der Waals surface area contributed by atoms with Gasteiger partial charge in [0.1, 0.15) is 23.6 Å². The number of aromatic carboxylic acids is 1. The molecular weight excluding hydrogens is 386 g/mol. The zero-order valence-electron chi connectivity index (χ0n) is 16.1. The van der Waals surface area contributed by atoms with Gasteiger partial charge in [0.05, 0.1) is 5.69 Å². The molecule has 3 aromatic rings. The second-order valence-corrected chi connectivity index (χ2v) is 6.57. The summed E-state index contributed by atoms with van der Waals surface area (Å²) >= 11 is 0. The highest BCUT2D eigenvalue weighted by molar-refractivity contribution is 6.04. The highest BCUT2D eigenvalue weighted by atomic mass is 16.4. The van der Waals surface area contributed by atoms with Gasteiger partial charge in [0.2, 0.25) is 0 Å². The maximum atomic E-state index is 12.3. The summed E-state index contributed by atoms with van der Waals surface area (Å²) in [6.07, 6.45) is 0.287. The molecule has 0 atom stereocenters. The lowest BCUT2D eigenvalue weighted by Crippen LogP contribution is -2.32. The summed E-state index contributed by atoms with van der Waals surface area (Å²) in [6, 6.07) is 17.6. The molecule has 0 aliphatic carbocycles. The van der Waals surface area contributed by atoms with Gasteiger partial charge in [0.15, 0.2) is 0 Å². The number of hydrogen-bond donors (Lipinski definition) is 3. The fourth-order valence-electron chi connectivity index (χ4n) is 3.00. The Morgan fingerprint density at radius 1 is 0.900 bits per heavy atom. The zero-order chi connectivity index (χ0) is 21.7. The van der Waals surface area contributed by atoms with Crippen molar-refractivity contribution in [1.29, 1.82) is 0 Å². The van der Waals surface area contributed by atoms with Crippen molar-refractivity contribution in [2.75, 3.05) is 6.54 Å². The molecular formula is C22H19N3O5. The smallest absolute Gasteiger partial charge is 0.339 e. The van der Waals surface area contributed by atoms with Crippen LogP contribution >= 0.6 is 0 Å². The summed E-state index contributed by atoms with van der Waals surface area (Å²) in [4.78, 5) is 42.9. The first-order valence-corrected chi connectivity index (χ1v) is 9.10. The number of nitrogens with zero attached hydrogens (tertiary/aromatic N) is 2. The molecule has 3 N–H and O–H groups in total. The number of benzene rings is 2. The lowest BCUT2D eigenvalue weighted by Gasteiger charge is -2.11. The lowest BCUT2D eigenvalue weighted by atomic mass is 10.0. The first-order valence-electron chi connectivity index (χ1n) is 9.10. The van der Waals surface area contributed by atoms with Gasteiger partial charge in [-0.3, -0.25) is 9.59 Å². The van der Waals surface area contributed by atoms with Gasteiger partial charge >= 0.3 is 11.9 Å². The third kappa shape index (κ3) is 4.85. The first-order chi connectivity index (χ1) is 14.3. The minimum atomic E-state index is -1.35. The molecule has 0 radical (unpaired) electrons. The van der Waals surface area contributed by atoms with Crippen molar-refractivity contribution in [3.05, 3.63) is 82.9 Å². The van der Waals surface area contributed by atoms with E-state index in [0.29, 0.717) is 0 Å². The SMILES string of the molecule is Cc1nc(Cc2ccc(-c3ccccc3)cc2)nc(C(=O)NCC(=O)O)c1C(=O)O. The Kier molecular flexibility index (Phi) is 6.17. The van der Waals surface area contributed by atoms with Crippen molar-refractivity contribution >= 4 is 17.8 Å². The molecule has 0 saturated carbocycles. The summed E-state index contributed by atoms with van der Waals surface area (Å²) in [5.41, 5.74) is 2.45. The Balaban J connectivity index is 1.88. The molecule has 0 bridgehead atoms. The molecule has 30 heavy (non-hydrogen) atoms.